The summed E-state index contributed by atoms with van der Waals surface area (Å²) < 4.78 is 10.9. The molecule has 2 amide bonds. The molecule has 168 valence electrons. The van der Waals surface area contributed by atoms with E-state index in [1.807, 2.05) is 24.3 Å². The van der Waals surface area contributed by atoms with Crippen LogP contribution in [0.2, 0.25) is 0 Å². The molecule has 0 aliphatic heterocycles. The monoisotopic (exact) mass is 435 g/mol. The Bertz CT molecular complexity index is 998. The Balaban J connectivity index is 1.44. The first kappa shape index (κ1) is 22.9. The van der Waals surface area contributed by atoms with Crippen molar-refractivity contribution in [3.63, 3.8) is 0 Å². The van der Waals surface area contributed by atoms with E-state index in [4.69, 9.17) is 9.15 Å². The van der Waals surface area contributed by atoms with E-state index in [0.717, 1.165) is 17.9 Å². The van der Waals surface area contributed by atoms with Crippen LogP contribution < -0.4 is 20.7 Å². The first-order valence-corrected chi connectivity index (χ1v) is 10.7. The van der Waals surface area contributed by atoms with E-state index in [1.165, 1.54) is 0 Å². The van der Waals surface area contributed by atoms with Gasteiger partial charge in [-0.25, -0.2) is 0 Å². The van der Waals surface area contributed by atoms with E-state index in [0.29, 0.717) is 36.1 Å². The van der Waals surface area contributed by atoms with Crippen LogP contribution in [0.25, 0.3) is 0 Å². The summed E-state index contributed by atoms with van der Waals surface area (Å²) in [5.41, 5.74) is 1.83. The molecule has 3 rings (SSSR count). The van der Waals surface area contributed by atoms with Crippen molar-refractivity contribution in [1.29, 1.82) is 0 Å². The summed E-state index contributed by atoms with van der Waals surface area (Å²) in [6.07, 6.45) is 2.56. The molecule has 3 N–H and O–H groups in total. The minimum absolute atomic E-state index is 0.0997. The molecule has 1 heterocycles. The Kier molecular flexibility index (Phi) is 8.31. The van der Waals surface area contributed by atoms with Crippen LogP contribution in [0, 0.1) is 5.92 Å². The second-order valence-corrected chi connectivity index (χ2v) is 7.80. The number of carbonyl (C=O) groups is 2. The lowest BCUT2D eigenvalue weighted by molar-refractivity contribution is -0.114. The SMILES string of the molecule is CC(C)CCOc1ccc(NCC(=O)Nc2cccc(C(=O)NCc3ccco3)c2)cc1. The van der Waals surface area contributed by atoms with Crippen LogP contribution in [-0.4, -0.2) is 25.0 Å². The van der Waals surface area contributed by atoms with E-state index >= 15 is 0 Å². The molecule has 0 aliphatic carbocycles. The molecule has 1 aromatic heterocycles. The van der Waals surface area contributed by atoms with Crippen molar-refractivity contribution < 1.29 is 18.7 Å². The van der Waals surface area contributed by atoms with E-state index in [1.54, 1.807) is 42.7 Å². The number of benzene rings is 2. The van der Waals surface area contributed by atoms with E-state index in [9.17, 15) is 9.59 Å². The Labute approximate surface area is 188 Å². The van der Waals surface area contributed by atoms with Crippen LogP contribution in [0.5, 0.6) is 5.75 Å². The van der Waals surface area contributed by atoms with Crippen molar-refractivity contribution in [3.8, 4) is 5.75 Å². The van der Waals surface area contributed by atoms with Gasteiger partial charge in [-0.2, -0.15) is 0 Å². The molecule has 0 spiro atoms. The van der Waals surface area contributed by atoms with Crippen molar-refractivity contribution in [2.45, 2.75) is 26.8 Å². The molecule has 0 saturated carbocycles. The summed E-state index contributed by atoms with van der Waals surface area (Å²) in [5.74, 6) is 1.62. The highest BCUT2D eigenvalue weighted by atomic mass is 16.5. The predicted molar refractivity (Wildman–Crippen MR) is 125 cm³/mol. The van der Waals surface area contributed by atoms with E-state index in [-0.39, 0.29) is 18.4 Å². The van der Waals surface area contributed by atoms with Crippen LogP contribution in [-0.2, 0) is 11.3 Å². The maximum atomic E-state index is 12.3. The summed E-state index contributed by atoms with van der Waals surface area (Å²) in [6.45, 7) is 5.41. The van der Waals surface area contributed by atoms with Gasteiger partial charge in [0.05, 0.1) is 26.0 Å². The number of rotatable bonds is 11. The maximum Gasteiger partial charge on any atom is 0.251 e. The van der Waals surface area contributed by atoms with Crippen molar-refractivity contribution in [1.82, 2.24) is 5.32 Å². The zero-order valence-electron chi connectivity index (χ0n) is 18.4. The molecular formula is C25H29N3O4. The van der Waals surface area contributed by atoms with Gasteiger partial charge < -0.3 is 25.1 Å². The largest absolute Gasteiger partial charge is 0.494 e. The first-order chi connectivity index (χ1) is 15.5. The molecule has 3 aromatic rings. The number of hydrogen-bond donors (Lipinski definition) is 3. The molecule has 7 heteroatoms. The molecule has 0 saturated heterocycles. The lowest BCUT2D eigenvalue weighted by atomic mass is 10.1. The molecule has 0 atom stereocenters. The summed E-state index contributed by atoms with van der Waals surface area (Å²) in [5, 5.41) is 8.67. The fourth-order valence-electron chi connectivity index (χ4n) is 2.89. The number of carbonyl (C=O) groups excluding carboxylic acids is 2. The highest BCUT2D eigenvalue weighted by Gasteiger charge is 2.09. The Morgan fingerprint density at radius 3 is 2.53 bits per heavy atom. The third-order valence-corrected chi connectivity index (χ3v) is 4.68. The van der Waals surface area contributed by atoms with Gasteiger partial charge in [-0.1, -0.05) is 19.9 Å². The van der Waals surface area contributed by atoms with Gasteiger partial charge in [-0.3, -0.25) is 9.59 Å². The summed E-state index contributed by atoms with van der Waals surface area (Å²) in [4.78, 5) is 24.6. The van der Waals surface area contributed by atoms with Gasteiger partial charge in [0.25, 0.3) is 5.91 Å². The predicted octanol–water partition coefficient (Wildman–Crippen LogP) is 4.69. The Morgan fingerprint density at radius 1 is 1.00 bits per heavy atom. The maximum absolute atomic E-state index is 12.3. The Hall–Kier alpha value is -3.74. The molecular weight excluding hydrogens is 406 g/mol. The standard InChI is InChI=1S/C25H29N3O4/c1-18(2)12-14-32-22-10-8-20(9-11-22)26-17-24(29)28-21-6-3-5-19(15-21)25(30)27-16-23-7-4-13-31-23/h3-11,13,15,18,26H,12,14,16-17H2,1-2H3,(H,27,30)(H,28,29). The van der Waals surface area contributed by atoms with Gasteiger partial charge in [0, 0.05) is 16.9 Å². The fraction of sp³-hybridized carbons (Fsp3) is 0.280. The van der Waals surface area contributed by atoms with Crippen molar-refractivity contribution in [2.24, 2.45) is 5.92 Å². The summed E-state index contributed by atoms with van der Waals surface area (Å²) in [6, 6.07) is 17.9. The lowest BCUT2D eigenvalue weighted by Gasteiger charge is -2.11. The normalized spacial score (nSPS) is 10.6. The fourth-order valence-corrected chi connectivity index (χ4v) is 2.89. The van der Waals surface area contributed by atoms with Gasteiger partial charge in [0.2, 0.25) is 5.91 Å². The molecule has 0 radical (unpaired) electrons. The Morgan fingerprint density at radius 2 is 1.81 bits per heavy atom. The third-order valence-electron chi connectivity index (χ3n) is 4.68. The van der Waals surface area contributed by atoms with Crippen molar-refractivity contribution in [2.75, 3.05) is 23.8 Å². The van der Waals surface area contributed by atoms with Gasteiger partial charge >= 0.3 is 0 Å². The lowest BCUT2D eigenvalue weighted by Crippen LogP contribution is -2.24. The van der Waals surface area contributed by atoms with Crippen LogP contribution >= 0.6 is 0 Å². The zero-order valence-corrected chi connectivity index (χ0v) is 18.4. The van der Waals surface area contributed by atoms with Crippen LogP contribution in [0.1, 0.15) is 36.4 Å². The minimum atomic E-state index is -0.244. The number of anilines is 2. The topological polar surface area (TPSA) is 92.6 Å². The van der Waals surface area contributed by atoms with Gasteiger partial charge in [-0.15, -0.1) is 0 Å². The molecule has 7 nitrogen and oxygen atoms in total. The average Bonchev–Trinajstić information content (AvgIpc) is 3.30. The number of nitrogens with one attached hydrogen (secondary N) is 3. The van der Waals surface area contributed by atoms with Gasteiger partial charge in [-0.05, 0) is 66.9 Å². The molecule has 0 unspecified atom stereocenters. The van der Waals surface area contributed by atoms with E-state index < -0.39 is 0 Å². The number of furan rings is 1. The van der Waals surface area contributed by atoms with Crippen molar-refractivity contribution >= 4 is 23.2 Å². The number of ether oxygens (including phenoxy) is 1. The molecule has 0 bridgehead atoms. The average molecular weight is 436 g/mol. The molecule has 32 heavy (non-hydrogen) atoms. The van der Waals surface area contributed by atoms with Crippen molar-refractivity contribution in [3.05, 3.63) is 78.3 Å². The quantitative estimate of drug-likeness (QED) is 0.407. The molecule has 0 aliphatic rings. The van der Waals surface area contributed by atoms with Gasteiger partial charge in [0.1, 0.15) is 11.5 Å². The second-order valence-electron chi connectivity index (χ2n) is 7.80. The number of amides is 2. The van der Waals surface area contributed by atoms with Crippen LogP contribution in [0.15, 0.2) is 71.3 Å². The minimum Gasteiger partial charge on any atom is -0.494 e. The number of hydrogen-bond acceptors (Lipinski definition) is 5. The smallest absolute Gasteiger partial charge is 0.251 e. The first-order valence-electron chi connectivity index (χ1n) is 10.7. The second kappa shape index (κ2) is 11.6. The third kappa shape index (κ3) is 7.50. The molecule has 2 aromatic carbocycles. The highest BCUT2D eigenvalue weighted by molar-refractivity contribution is 5.98. The van der Waals surface area contributed by atoms with E-state index in [2.05, 4.69) is 29.8 Å². The zero-order chi connectivity index (χ0) is 22.8. The summed E-state index contributed by atoms with van der Waals surface area (Å²) >= 11 is 0. The highest BCUT2D eigenvalue weighted by Crippen LogP contribution is 2.17. The van der Waals surface area contributed by atoms with Gasteiger partial charge in [0.15, 0.2) is 0 Å². The molecule has 0 fully saturated rings. The summed E-state index contributed by atoms with van der Waals surface area (Å²) in [7, 11) is 0. The van der Waals surface area contributed by atoms with Crippen LogP contribution in [0.4, 0.5) is 11.4 Å². The van der Waals surface area contributed by atoms with Crippen LogP contribution in [0.3, 0.4) is 0 Å².